The normalized spacial score (nSPS) is 11.5. The van der Waals surface area contributed by atoms with Gasteiger partial charge >= 0.3 is 45.9 Å². The zero-order valence-corrected chi connectivity index (χ0v) is 9.91. The maximum absolute atomic E-state index is 10.4. The van der Waals surface area contributed by atoms with Gasteiger partial charge < -0.3 is 15.9 Å². The zero-order valence-electron chi connectivity index (χ0n) is 9.09. The number of hydrogen-bond donors (Lipinski definition) is 5. The van der Waals surface area contributed by atoms with Gasteiger partial charge in [0.15, 0.2) is 0 Å². The standard InChI is InChI=1S/C9H11NO3.Na.H2O4S.H/c10-8(9(12)13)5-6-1-3-7(11)4-2-6;;1-5(2,3)4;/h1-4,8,11H,5,10H2,(H,12,13);;(H2,1,2,3,4);/t8-;;;/m1.../s1. The van der Waals surface area contributed by atoms with Crippen molar-refractivity contribution in [3.8, 4) is 5.75 Å². The molecule has 1 atom stereocenters. The third kappa shape index (κ3) is 13.6. The maximum atomic E-state index is 10.4. The first-order chi connectivity index (χ1) is 8.09. The Labute approximate surface area is 132 Å². The van der Waals surface area contributed by atoms with Crippen molar-refractivity contribution in [2.24, 2.45) is 5.73 Å². The molecular formula is C9H14NNaO7S. The van der Waals surface area contributed by atoms with Crippen molar-refractivity contribution in [3.63, 3.8) is 0 Å². The van der Waals surface area contributed by atoms with E-state index < -0.39 is 22.4 Å². The number of rotatable bonds is 3. The Kier molecular flexibility index (Phi) is 10.1. The van der Waals surface area contributed by atoms with Crippen LogP contribution in [0.4, 0.5) is 0 Å². The van der Waals surface area contributed by atoms with Gasteiger partial charge in [0, 0.05) is 0 Å². The van der Waals surface area contributed by atoms with Crippen molar-refractivity contribution in [3.05, 3.63) is 29.8 Å². The number of carboxylic acid groups (broad SMARTS) is 1. The Balaban J connectivity index is 0. The van der Waals surface area contributed by atoms with Crippen LogP contribution in [0.25, 0.3) is 0 Å². The van der Waals surface area contributed by atoms with E-state index in [0.29, 0.717) is 0 Å². The molecule has 19 heavy (non-hydrogen) atoms. The fraction of sp³-hybridized carbons (Fsp3) is 0.222. The molecule has 0 bridgehead atoms. The first-order valence-corrected chi connectivity index (χ1v) is 5.95. The average molecular weight is 303 g/mol. The minimum absolute atomic E-state index is 0. The molecule has 0 unspecified atom stereocenters. The molecule has 1 aromatic rings. The molecule has 0 radical (unpaired) electrons. The molecule has 1 rings (SSSR count). The van der Waals surface area contributed by atoms with E-state index in [4.69, 9.17) is 33.5 Å². The van der Waals surface area contributed by atoms with E-state index in [1.54, 1.807) is 12.1 Å². The summed E-state index contributed by atoms with van der Waals surface area (Å²) < 4.78 is 31.6. The van der Waals surface area contributed by atoms with E-state index in [1.165, 1.54) is 12.1 Å². The summed E-state index contributed by atoms with van der Waals surface area (Å²) in [7, 11) is -4.67. The molecule has 8 nitrogen and oxygen atoms in total. The van der Waals surface area contributed by atoms with Crippen molar-refractivity contribution in [2.75, 3.05) is 0 Å². The number of aliphatic carboxylic acids is 1. The van der Waals surface area contributed by atoms with Gasteiger partial charge in [0.2, 0.25) is 0 Å². The Bertz CT molecular complexity index is 480. The van der Waals surface area contributed by atoms with E-state index in [0.717, 1.165) is 5.56 Å². The second-order valence-corrected chi connectivity index (χ2v) is 4.16. The van der Waals surface area contributed by atoms with Crippen LogP contribution in [0.5, 0.6) is 5.75 Å². The quantitative estimate of drug-likeness (QED) is 0.353. The molecular weight excluding hydrogens is 289 g/mol. The Morgan fingerprint density at radius 1 is 1.21 bits per heavy atom. The fourth-order valence-electron chi connectivity index (χ4n) is 0.973. The molecule has 104 valence electrons. The summed E-state index contributed by atoms with van der Waals surface area (Å²) in [6, 6.07) is 5.42. The van der Waals surface area contributed by atoms with Crippen molar-refractivity contribution >= 4 is 45.9 Å². The van der Waals surface area contributed by atoms with Gasteiger partial charge in [-0.15, -0.1) is 0 Å². The van der Waals surface area contributed by atoms with Crippen molar-refractivity contribution in [2.45, 2.75) is 12.5 Å². The molecule has 0 aliphatic rings. The van der Waals surface area contributed by atoms with Gasteiger partial charge in [0.1, 0.15) is 11.8 Å². The number of carboxylic acids is 1. The minimum atomic E-state index is -4.67. The molecule has 0 heterocycles. The Morgan fingerprint density at radius 2 is 1.58 bits per heavy atom. The van der Waals surface area contributed by atoms with Gasteiger partial charge in [-0.3, -0.25) is 13.9 Å². The molecule has 0 saturated carbocycles. The molecule has 0 fully saturated rings. The van der Waals surface area contributed by atoms with Crippen LogP contribution < -0.4 is 5.73 Å². The van der Waals surface area contributed by atoms with E-state index in [9.17, 15) is 4.79 Å². The van der Waals surface area contributed by atoms with Crippen LogP contribution >= 0.6 is 0 Å². The van der Waals surface area contributed by atoms with Crippen LogP contribution in [0, 0.1) is 0 Å². The third-order valence-electron chi connectivity index (χ3n) is 1.71. The molecule has 0 aromatic heterocycles. The second kappa shape index (κ2) is 9.26. The molecule has 0 spiro atoms. The number of phenolic OH excluding ortho intramolecular Hbond substituents is 1. The number of carbonyl (C=O) groups is 1. The van der Waals surface area contributed by atoms with Gasteiger partial charge in [0.05, 0.1) is 0 Å². The van der Waals surface area contributed by atoms with E-state index in [-0.39, 0.29) is 41.7 Å². The number of benzene rings is 1. The van der Waals surface area contributed by atoms with Gasteiger partial charge in [-0.1, -0.05) is 12.1 Å². The van der Waals surface area contributed by atoms with Crippen LogP contribution in [-0.4, -0.2) is 69.3 Å². The summed E-state index contributed by atoms with van der Waals surface area (Å²) in [5, 5.41) is 17.5. The molecule has 0 amide bonds. The second-order valence-electron chi connectivity index (χ2n) is 3.26. The summed E-state index contributed by atoms with van der Waals surface area (Å²) in [6.45, 7) is 0. The van der Waals surface area contributed by atoms with Crippen LogP contribution in [0.1, 0.15) is 5.56 Å². The number of phenols is 1. The first kappa shape index (κ1) is 20.6. The summed E-state index contributed by atoms with van der Waals surface area (Å²) in [5.74, 6) is -0.860. The van der Waals surface area contributed by atoms with Crippen LogP contribution in [0.2, 0.25) is 0 Å². The van der Waals surface area contributed by atoms with Crippen LogP contribution in [-0.2, 0) is 21.6 Å². The summed E-state index contributed by atoms with van der Waals surface area (Å²) in [4.78, 5) is 10.4. The predicted molar refractivity (Wildman–Crippen MR) is 68.7 cm³/mol. The molecule has 0 aliphatic carbocycles. The first-order valence-electron chi connectivity index (χ1n) is 4.55. The van der Waals surface area contributed by atoms with Gasteiger partial charge in [-0.2, -0.15) is 8.42 Å². The van der Waals surface area contributed by atoms with Crippen LogP contribution in [0.15, 0.2) is 24.3 Å². The number of aromatic hydroxyl groups is 1. The van der Waals surface area contributed by atoms with Gasteiger partial charge in [-0.25, -0.2) is 0 Å². The molecule has 10 heteroatoms. The number of nitrogens with two attached hydrogens (primary N) is 1. The Morgan fingerprint density at radius 3 is 1.89 bits per heavy atom. The molecule has 6 N–H and O–H groups in total. The molecule has 0 aliphatic heterocycles. The van der Waals surface area contributed by atoms with Crippen molar-refractivity contribution in [1.82, 2.24) is 0 Å². The predicted octanol–water partition coefficient (Wildman–Crippen LogP) is -0.955. The third-order valence-corrected chi connectivity index (χ3v) is 1.71. The SMILES string of the molecule is N[C@H](Cc1ccc(O)cc1)C(=O)O.O=S(=O)(O)O.[NaH]. The van der Waals surface area contributed by atoms with Gasteiger partial charge in [-0.05, 0) is 24.1 Å². The van der Waals surface area contributed by atoms with Gasteiger partial charge in [0.25, 0.3) is 0 Å². The summed E-state index contributed by atoms with van der Waals surface area (Å²) in [5.41, 5.74) is 6.12. The van der Waals surface area contributed by atoms with E-state index >= 15 is 0 Å². The average Bonchev–Trinajstić information content (AvgIpc) is 2.18. The van der Waals surface area contributed by atoms with Crippen molar-refractivity contribution < 1.29 is 32.5 Å². The Hall–Kier alpha value is -0.680. The molecule has 0 saturated heterocycles. The van der Waals surface area contributed by atoms with E-state index in [2.05, 4.69) is 0 Å². The van der Waals surface area contributed by atoms with Crippen molar-refractivity contribution in [1.29, 1.82) is 0 Å². The van der Waals surface area contributed by atoms with Crippen LogP contribution in [0.3, 0.4) is 0 Å². The topological polar surface area (TPSA) is 158 Å². The number of hydrogen-bond acceptors (Lipinski definition) is 5. The zero-order chi connectivity index (χ0) is 14.3. The monoisotopic (exact) mass is 303 g/mol. The molecule has 1 aromatic carbocycles. The summed E-state index contributed by atoms with van der Waals surface area (Å²) >= 11 is 0. The van der Waals surface area contributed by atoms with E-state index in [1.807, 2.05) is 0 Å². The fourth-order valence-corrected chi connectivity index (χ4v) is 0.973. The summed E-state index contributed by atoms with van der Waals surface area (Å²) in [6.07, 6.45) is 0.273.